The number of ether oxygens (including phenoxy) is 2. The SMILES string of the molecule is COCCOCC1CCN(C(=O)C(N)c2ccc(C)cc2)C1. The maximum atomic E-state index is 12.5. The summed E-state index contributed by atoms with van der Waals surface area (Å²) in [6, 6.07) is 7.25. The van der Waals surface area contributed by atoms with E-state index >= 15 is 0 Å². The van der Waals surface area contributed by atoms with Crippen LogP contribution in [0.5, 0.6) is 0 Å². The second-order valence-corrected chi connectivity index (χ2v) is 5.90. The van der Waals surface area contributed by atoms with Gasteiger partial charge in [-0.25, -0.2) is 0 Å². The first-order chi connectivity index (χ1) is 10.6. The van der Waals surface area contributed by atoms with E-state index in [-0.39, 0.29) is 5.91 Å². The normalized spacial score (nSPS) is 19.4. The zero-order valence-electron chi connectivity index (χ0n) is 13.5. The molecule has 1 aromatic rings. The molecule has 0 aromatic heterocycles. The summed E-state index contributed by atoms with van der Waals surface area (Å²) in [5.74, 6) is 0.397. The molecule has 5 nitrogen and oxygen atoms in total. The van der Waals surface area contributed by atoms with Crippen molar-refractivity contribution in [3.63, 3.8) is 0 Å². The fourth-order valence-corrected chi connectivity index (χ4v) is 2.67. The highest BCUT2D eigenvalue weighted by atomic mass is 16.5. The Morgan fingerprint density at radius 3 is 2.77 bits per heavy atom. The van der Waals surface area contributed by atoms with E-state index in [1.165, 1.54) is 0 Å². The number of carbonyl (C=O) groups is 1. The number of rotatable bonds is 7. The van der Waals surface area contributed by atoms with Crippen LogP contribution >= 0.6 is 0 Å². The van der Waals surface area contributed by atoms with E-state index in [0.29, 0.717) is 25.7 Å². The van der Waals surface area contributed by atoms with Crippen molar-refractivity contribution in [2.24, 2.45) is 11.7 Å². The molecule has 1 fully saturated rings. The van der Waals surface area contributed by atoms with Crippen LogP contribution in [-0.2, 0) is 14.3 Å². The van der Waals surface area contributed by atoms with Crippen LogP contribution < -0.4 is 5.73 Å². The van der Waals surface area contributed by atoms with Crippen molar-refractivity contribution in [2.75, 3.05) is 40.0 Å². The van der Waals surface area contributed by atoms with Crippen molar-refractivity contribution in [3.05, 3.63) is 35.4 Å². The number of carbonyl (C=O) groups excluding carboxylic acids is 1. The Morgan fingerprint density at radius 1 is 1.36 bits per heavy atom. The lowest BCUT2D eigenvalue weighted by molar-refractivity contribution is -0.131. The Labute approximate surface area is 132 Å². The standard InChI is InChI=1S/C17H26N2O3/c1-13-3-5-15(6-4-13)16(18)17(20)19-8-7-14(11-19)12-22-10-9-21-2/h3-6,14,16H,7-12,18H2,1-2H3. The summed E-state index contributed by atoms with van der Waals surface area (Å²) in [6.45, 7) is 5.39. The van der Waals surface area contributed by atoms with Gasteiger partial charge in [0.15, 0.2) is 0 Å². The lowest BCUT2D eigenvalue weighted by Crippen LogP contribution is -2.37. The number of benzene rings is 1. The van der Waals surface area contributed by atoms with Gasteiger partial charge in [-0.15, -0.1) is 0 Å². The highest BCUT2D eigenvalue weighted by molar-refractivity contribution is 5.83. The Balaban J connectivity index is 1.82. The van der Waals surface area contributed by atoms with Gasteiger partial charge in [-0.1, -0.05) is 29.8 Å². The van der Waals surface area contributed by atoms with Crippen LogP contribution in [0.1, 0.15) is 23.6 Å². The molecule has 1 heterocycles. The Bertz CT molecular complexity index is 475. The summed E-state index contributed by atoms with van der Waals surface area (Å²) >= 11 is 0. The molecule has 1 amide bonds. The average molecular weight is 306 g/mol. The average Bonchev–Trinajstić information content (AvgIpc) is 3.00. The summed E-state index contributed by atoms with van der Waals surface area (Å²) < 4.78 is 10.5. The lowest BCUT2D eigenvalue weighted by atomic mass is 10.0. The van der Waals surface area contributed by atoms with E-state index in [0.717, 1.165) is 30.6 Å². The van der Waals surface area contributed by atoms with E-state index in [2.05, 4.69) is 0 Å². The van der Waals surface area contributed by atoms with Crippen LogP contribution in [-0.4, -0.2) is 50.8 Å². The summed E-state index contributed by atoms with van der Waals surface area (Å²) in [5.41, 5.74) is 8.15. The van der Waals surface area contributed by atoms with Gasteiger partial charge < -0.3 is 20.1 Å². The molecule has 0 spiro atoms. The minimum absolute atomic E-state index is 0.00300. The molecule has 1 aliphatic heterocycles. The number of methoxy groups -OCH3 is 1. The molecular formula is C17H26N2O3. The highest BCUT2D eigenvalue weighted by Crippen LogP contribution is 2.21. The van der Waals surface area contributed by atoms with Crippen molar-refractivity contribution in [1.29, 1.82) is 0 Å². The largest absolute Gasteiger partial charge is 0.382 e. The molecular weight excluding hydrogens is 280 g/mol. The van der Waals surface area contributed by atoms with Crippen molar-refractivity contribution in [3.8, 4) is 0 Å². The van der Waals surface area contributed by atoms with Crippen molar-refractivity contribution in [1.82, 2.24) is 4.90 Å². The molecule has 1 aliphatic rings. The van der Waals surface area contributed by atoms with Gasteiger partial charge in [0, 0.05) is 26.1 Å². The summed E-state index contributed by atoms with van der Waals surface area (Å²) in [5, 5.41) is 0. The van der Waals surface area contributed by atoms with Crippen LogP contribution in [0, 0.1) is 12.8 Å². The molecule has 5 heteroatoms. The molecule has 2 N–H and O–H groups in total. The van der Waals surface area contributed by atoms with Gasteiger partial charge >= 0.3 is 0 Å². The van der Waals surface area contributed by atoms with Crippen molar-refractivity contribution >= 4 is 5.91 Å². The minimum Gasteiger partial charge on any atom is -0.382 e. The lowest BCUT2D eigenvalue weighted by Gasteiger charge is -2.21. The third-order valence-corrected chi connectivity index (χ3v) is 4.09. The third-order valence-electron chi connectivity index (χ3n) is 4.09. The molecule has 0 aliphatic carbocycles. The van der Waals surface area contributed by atoms with Gasteiger partial charge in [0.05, 0.1) is 19.8 Å². The second kappa shape index (κ2) is 8.27. The highest BCUT2D eigenvalue weighted by Gasteiger charge is 2.29. The molecule has 0 bridgehead atoms. The van der Waals surface area contributed by atoms with Crippen LogP contribution in [0.25, 0.3) is 0 Å². The first-order valence-corrected chi connectivity index (χ1v) is 7.79. The van der Waals surface area contributed by atoms with Crippen molar-refractivity contribution < 1.29 is 14.3 Å². The van der Waals surface area contributed by atoms with Crippen LogP contribution in [0.2, 0.25) is 0 Å². The Hall–Kier alpha value is -1.43. The predicted octanol–water partition coefficient (Wildman–Crippen LogP) is 1.51. The van der Waals surface area contributed by atoms with Gasteiger partial charge in [-0.05, 0) is 18.9 Å². The Kier molecular flexibility index (Phi) is 6.36. The van der Waals surface area contributed by atoms with E-state index in [9.17, 15) is 4.79 Å². The van der Waals surface area contributed by atoms with Gasteiger partial charge in [0.1, 0.15) is 6.04 Å². The van der Waals surface area contributed by atoms with Crippen LogP contribution in [0.15, 0.2) is 24.3 Å². The number of aryl methyl sites for hydroxylation is 1. The van der Waals surface area contributed by atoms with E-state index in [1.54, 1.807) is 7.11 Å². The zero-order valence-corrected chi connectivity index (χ0v) is 13.5. The molecule has 2 unspecified atom stereocenters. The summed E-state index contributed by atoms with van der Waals surface area (Å²) in [7, 11) is 1.66. The molecule has 1 aromatic carbocycles. The third kappa shape index (κ3) is 4.53. The second-order valence-electron chi connectivity index (χ2n) is 5.90. The van der Waals surface area contributed by atoms with Crippen LogP contribution in [0.3, 0.4) is 0 Å². The first-order valence-electron chi connectivity index (χ1n) is 7.79. The maximum absolute atomic E-state index is 12.5. The van der Waals surface area contributed by atoms with Gasteiger partial charge in [-0.3, -0.25) is 4.79 Å². The number of nitrogens with zero attached hydrogens (tertiary/aromatic N) is 1. The smallest absolute Gasteiger partial charge is 0.244 e. The molecule has 2 rings (SSSR count). The van der Waals surface area contributed by atoms with E-state index in [1.807, 2.05) is 36.1 Å². The number of hydrogen-bond donors (Lipinski definition) is 1. The fourth-order valence-electron chi connectivity index (χ4n) is 2.67. The number of nitrogens with two attached hydrogens (primary N) is 1. The van der Waals surface area contributed by atoms with Gasteiger partial charge in [0.2, 0.25) is 5.91 Å². The summed E-state index contributed by atoms with van der Waals surface area (Å²) in [4.78, 5) is 14.3. The first kappa shape index (κ1) is 16.9. The van der Waals surface area contributed by atoms with Crippen molar-refractivity contribution in [2.45, 2.75) is 19.4 Å². The summed E-state index contributed by atoms with van der Waals surface area (Å²) in [6.07, 6.45) is 0.972. The van der Waals surface area contributed by atoms with Gasteiger partial charge in [-0.2, -0.15) is 0 Å². The molecule has 22 heavy (non-hydrogen) atoms. The molecule has 2 atom stereocenters. The molecule has 0 radical (unpaired) electrons. The molecule has 0 saturated carbocycles. The van der Waals surface area contributed by atoms with E-state index < -0.39 is 6.04 Å². The Morgan fingerprint density at radius 2 is 2.09 bits per heavy atom. The van der Waals surface area contributed by atoms with Crippen LogP contribution in [0.4, 0.5) is 0 Å². The van der Waals surface area contributed by atoms with Gasteiger partial charge in [0.25, 0.3) is 0 Å². The predicted molar refractivity (Wildman–Crippen MR) is 85.5 cm³/mol. The quantitative estimate of drug-likeness (QED) is 0.776. The maximum Gasteiger partial charge on any atom is 0.244 e. The number of amides is 1. The molecule has 122 valence electrons. The number of hydrogen-bond acceptors (Lipinski definition) is 4. The molecule has 1 saturated heterocycles. The monoisotopic (exact) mass is 306 g/mol. The topological polar surface area (TPSA) is 64.8 Å². The number of likely N-dealkylation sites (tertiary alicyclic amines) is 1. The zero-order chi connectivity index (χ0) is 15.9. The minimum atomic E-state index is -0.575. The fraction of sp³-hybridized carbons (Fsp3) is 0.588. The van der Waals surface area contributed by atoms with E-state index in [4.69, 9.17) is 15.2 Å².